The van der Waals surface area contributed by atoms with Gasteiger partial charge in [-0.15, -0.1) is 10.2 Å². The summed E-state index contributed by atoms with van der Waals surface area (Å²) < 4.78 is 52.9. The van der Waals surface area contributed by atoms with Gasteiger partial charge in [-0.2, -0.15) is 13.2 Å². The van der Waals surface area contributed by atoms with Crippen molar-refractivity contribution in [2.24, 2.45) is 0 Å². The second kappa shape index (κ2) is 7.45. The van der Waals surface area contributed by atoms with Crippen molar-refractivity contribution in [2.75, 3.05) is 27.3 Å². The molecule has 0 aliphatic carbocycles. The number of methoxy groups -OCH3 is 2. The van der Waals surface area contributed by atoms with Gasteiger partial charge in [-0.3, -0.25) is 4.79 Å². The van der Waals surface area contributed by atoms with Crippen molar-refractivity contribution in [3.8, 4) is 11.5 Å². The van der Waals surface area contributed by atoms with Gasteiger partial charge < -0.3 is 18.8 Å². The molecule has 2 aromatic rings. The molecule has 1 aromatic carbocycles. The summed E-state index contributed by atoms with van der Waals surface area (Å²) in [5, 5.41) is 6.56. The Morgan fingerprint density at radius 1 is 1.19 bits per heavy atom. The van der Waals surface area contributed by atoms with E-state index in [1.165, 1.54) is 14.2 Å². The Bertz CT molecular complexity index is 814. The molecule has 0 atom stereocenters. The highest BCUT2D eigenvalue weighted by Crippen LogP contribution is 2.33. The summed E-state index contributed by atoms with van der Waals surface area (Å²) in [4.78, 5) is 14.4. The molecule has 0 N–H and O–H groups in total. The van der Waals surface area contributed by atoms with Crippen LogP contribution in [-0.2, 0) is 6.18 Å². The van der Waals surface area contributed by atoms with Crippen molar-refractivity contribution in [3.05, 3.63) is 35.5 Å². The molecule has 10 heteroatoms. The number of benzene rings is 1. The average Bonchev–Trinajstić information content (AvgIpc) is 3.17. The Kier molecular flexibility index (Phi) is 5.24. The number of hydrogen-bond acceptors (Lipinski definition) is 6. The van der Waals surface area contributed by atoms with Gasteiger partial charge in [0.15, 0.2) is 0 Å². The van der Waals surface area contributed by atoms with Crippen LogP contribution >= 0.6 is 0 Å². The third-order valence-electron chi connectivity index (χ3n) is 4.45. The molecule has 1 aromatic heterocycles. The Labute approximate surface area is 153 Å². The van der Waals surface area contributed by atoms with E-state index in [9.17, 15) is 18.0 Å². The van der Waals surface area contributed by atoms with E-state index in [2.05, 4.69) is 10.2 Å². The first-order valence-corrected chi connectivity index (χ1v) is 8.25. The standard InChI is InChI=1S/C17H18F3N3O4/c1-25-11-3-4-12(13(9-11)26-2)15(24)23-7-5-10(6-8-23)14-21-22-16(27-14)17(18,19)20/h3-4,9-10H,5-8H2,1-2H3. The smallest absolute Gasteiger partial charge is 0.470 e. The van der Waals surface area contributed by atoms with E-state index < -0.39 is 12.1 Å². The predicted octanol–water partition coefficient (Wildman–Crippen LogP) is 3.13. The molecule has 0 radical (unpaired) electrons. The number of hydrogen-bond donors (Lipinski definition) is 0. The number of halogens is 3. The molecule has 1 aliphatic heterocycles. The van der Waals surface area contributed by atoms with Crippen molar-refractivity contribution in [2.45, 2.75) is 24.9 Å². The fourth-order valence-electron chi connectivity index (χ4n) is 2.99. The topological polar surface area (TPSA) is 77.7 Å². The third kappa shape index (κ3) is 3.99. The van der Waals surface area contributed by atoms with Crippen molar-refractivity contribution < 1.29 is 31.9 Å². The van der Waals surface area contributed by atoms with Gasteiger partial charge in [0.1, 0.15) is 11.5 Å². The Morgan fingerprint density at radius 3 is 2.44 bits per heavy atom. The molecule has 1 aliphatic rings. The molecule has 3 rings (SSSR count). The zero-order chi connectivity index (χ0) is 19.6. The van der Waals surface area contributed by atoms with Gasteiger partial charge in [-0.25, -0.2) is 0 Å². The molecule has 1 fully saturated rings. The van der Waals surface area contributed by atoms with Gasteiger partial charge in [0.2, 0.25) is 5.89 Å². The number of nitrogens with zero attached hydrogens (tertiary/aromatic N) is 3. The lowest BCUT2D eigenvalue weighted by molar-refractivity contribution is -0.157. The first kappa shape index (κ1) is 19.0. The minimum atomic E-state index is -4.66. The number of carbonyl (C=O) groups is 1. The molecular formula is C17H18F3N3O4. The fourth-order valence-corrected chi connectivity index (χ4v) is 2.99. The number of alkyl halides is 3. The molecule has 2 heterocycles. The summed E-state index contributed by atoms with van der Waals surface area (Å²) >= 11 is 0. The van der Waals surface area contributed by atoms with Crippen LogP contribution in [0.3, 0.4) is 0 Å². The second-order valence-electron chi connectivity index (χ2n) is 6.08. The predicted molar refractivity (Wildman–Crippen MR) is 86.7 cm³/mol. The first-order chi connectivity index (χ1) is 12.8. The van der Waals surface area contributed by atoms with Gasteiger partial charge in [-0.1, -0.05) is 0 Å². The summed E-state index contributed by atoms with van der Waals surface area (Å²) in [6.07, 6.45) is -3.79. The molecule has 0 spiro atoms. The van der Waals surface area contributed by atoms with Crippen LogP contribution in [0.25, 0.3) is 0 Å². The van der Waals surface area contributed by atoms with E-state index in [0.29, 0.717) is 43.0 Å². The number of piperidine rings is 1. The van der Waals surface area contributed by atoms with Crippen LogP contribution in [0.4, 0.5) is 13.2 Å². The Hall–Kier alpha value is -2.78. The minimum Gasteiger partial charge on any atom is -0.497 e. The van der Waals surface area contributed by atoms with E-state index in [1.54, 1.807) is 23.1 Å². The lowest BCUT2D eigenvalue weighted by Gasteiger charge is -2.30. The minimum absolute atomic E-state index is 0.0450. The van der Waals surface area contributed by atoms with E-state index >= 15 is 0 Å². The number of aromatic nitrogens is 2. The summed E-state index contributed by atoms with van der Waals surface area (Å²) in [5.74, 6) is -0.951. The van der Waals surface area contributed by atoms with Crippen molar-refractivity contribution in [3.63, 3.8) is 0 Å². The maximum absolute atomic E-state index is 12.8. The zero-order valence-corrected chi connectivity index (χ0v) is 14.7. The Balaban J connectivity index is 1.67. The molecule has 27 heavy (non-hydrogen) atoms. The average molecular weight is 385 g/mol. The molecule has 146 valence electrons. The molecular weight excluding hydrogens is 367 g/mol. The van der Waals surface area contributed by atoms with Crippen LogP contribution in [0, 0.1) is 0 Å². The maximum Gasteiger partial charge on any atom is 0.470 e. The number of likely N-dealkylation sites (tertiary alicyclic amines) is 1. The number of rotatable bonds is 4. The van der Waals surface area contributed by atoms with Gasteiger partial charge in [-0.05, 0) is 25.0 Å². The normalized spacial score (nSPS) is 15.7. The van der Waals surface area contributed by atoms with E-state index in [1.807, 2.05) is 0 Å². The highest BCUT2D eigenvalue weighted by molar-refractivity contribution is 5.97. The van der Waals surface area contributed by atoms with E-state index in [0.717, 1.165) is 0 Å². The van der Waals surface area contributed by atoms with Crippen LogP contribution in [0.2, 0.25) is 0 Å². The maximum atomic E-state index is 12.8. The van der Waals surface area contributed by atoms with Crippen LogP contribution in [-0.4, -0.2) is 48.3 Å². The van der Waals surface area contributed by atoms with Crippen molar-refractivity contribution in [1.82, 2.24) is 15.1 Å². The van der Waals surface area contributed by atoms with Gasteiger partial charge in [0.05, 0.1) is 19.8 Å². The summed E-state index contributed by atoms with van der Waals surface area (Å²) in [5.41, 5.74) is 0.397. The summed E-state index contributed by atoms with van der Waals surface area (Å²) in [6, 6.07) is 4.91. The number of amides is 1. The molecule has 0 saturated carbocycles. The number of ether oxygens (including phenoxy) is 2. The monoisotopic (exact) mass is 385 g/mol. The summed E-state index contributed by atoms with van der Waals surface area (Å²) in [7, 11) is 2.98. The van der Waals surface area contributed by atoms with Gasteiger partial charge in [0, 0.05) is 25.1 Å². The molecule has 7 nitrogen and oxygen atoms in total. The lowest BCUT2D eigenvalue weighted by Crippen LogP contribution is -2.38. The Morgan fingerprint density at radius 2 is 1.89 bits per heavy atom. The molecule has 0 unspecified atom stereocenters. The van der Waals surface area contributed by atoms with E-state index in [4.69, 9.17) is 13.9 Å². The van der Waals surface area contributed by atoms with Gasteiger partial charge >= 0.3 is 12.1 Å². The quantitative estimate of drug-likeness (QED) is 0.805. The van der Waals surface area contributed by atoms with Gasteiger partial charge in [0.25, 0.3) is 5.91 Å². The van der Waals surface area contributed by atoms with Crippen LogP contribution in [0.5, 0.6) is 11.5 Å². The zero-order valence-electron chi connectivity index (χ0n) is 14.7. The summed E-state index contributed by atoms with van der Waals surface area (Å²) in [6.45, 7) is 0.727. The van der Waals surface area contributed by atoms with E-state index in [-0.39, 0.29) is 17.7 Å². The third-order valence-corrected chi connectivity index (χ3v) is 4.45. The van der Waals surface area contributed by atoms with Crippen LogP contribution in [0.1, 0.15) is 40.9 Å². The second-order valence-corrected chi connectivity index (χ2v) is 6.08. The fraction of sp³-hybridized carbons (Fsp3) is 0.471. The number of carbonyl (C=O) groups excluding carboxylic acids is 1. The molecule has 1 amide bonds. The highest BCUT2D eigenvalue weighted by Gasteiger charge is 2.39. The lowest BCUT2D eigenvalue weighted by atomic mass is 9.96. The van der Waals surface area contributed by atoms with Crippen molar-refractivity contribution >= 4 is 5.91 Å². The van der Waals surface area contributed by atoms with Crippen LogP contribution < -0.4 is 9.47 Å². The molecule has 0 bridgehead atoms. The molecule has 1 saturated heterocycles. The van der Waals surface area contributed by atoms with Crippen LogP contribution in [0.15, 0.2) is 22.6 Å². The van der Waals surface area contributed by atoms with Crippen molar-refractivity contribution in [1.29, 1.82) is 0 Å². The SMILES string of the molecule is COc1ccc(C(=O)N2CCC(c3nnc(C(F)(F)F)o3)CC2)c(OC)c1. The highest BCUT2D eigenvalue weighted by atomic mass is 19.4. The largest absolute Gasteiger partial charge is 0.497 e. The first-order valence-electron chi connectivity index (χ1n) is 8.25.